The van der Waals surface area contributed by atoms with Crippen LogP contribution in [0.2, 0.25) is 0 Å². The molecule has 1 aliphatic carbocycles. The SMILES string of the molecule is Cn1c(N2CC[C@@H](NC3CC(COCc4ccccc4)C3)C2)cc(=O)n(C)c1=O. The Bertz CT molecular complexity index is 947. The Hall–Kier alpha value is -2.38. The molecule has 1 saturated heterocycles. The minimum absolute atomic E-state index is 0.253. The second-order valence-electron chi connectivity index (χ2n) is 8.37. The maximum atomic E-state index is 12.2. The van der Waals surface area contributed by atoms with Gasteiger partial charge in [0.1, 0.15) is 5.82 Å². The van der Waals surface area contributed by atoms with Crippen LogP contribution in [0.25, 0.3) is 0 Å². The van der Waals surface area contributed by atoms with E-state index in [9.17, 15) is 9.59 Å². The van der Waals surface area contributed by atoms with Gasteiger partial charge in [0.25, 0.3) is 5.56 Å². The number of nitrogens with zero attached hydrogens (tertiary/aromatic N) is 3. The number of benzene rings is 1. The van der Waals surface area contributed by atoms with Crippen molar-refractivity contribution in [3.63, 3.8) is 0 Å². The summed E-state index contributed by atoms with van der Waals surface area (Å²) in [6, 6.07) is 12.8. The fourth-order valence-electron chi connectivity index (χ4n) is 4.39. The van der Waals surface area contributed by atoms with E-state index < -0.39 is 0 Å². The number of rotatable bonds is 7. The largest absolute Gasteiger partial charge is 0.376 e. The van der Waals surface area contributed by atoms with E-state index in [-0.39, 0.29) is 11.2 Å². The van der Waals surface area contributed by atoms with E-state index in [1.54, 1.807) is 17.7 Å². The van der Waals surface area contributed by atoms with Crippen molar-refractivity contribution in [1.29, 1.82) is 0 Å². The van der Waals surface area contributed by atoms with E-state index in [0.29, 0.717) is 30.4 Å². The summed E-state index contributed by atoms with van der Waals surface area (Å²) in [5.74, 6) is 1.34. The van der Waals surface area contributed by atoms with Gasteiger partial charge in [-0.3, -0.25) is 13.9 Å². The lowest BCUT2D eigenvalue weighted by Crippen LogP contribution is -2.48. The predicted molar refractivity (Wildman–Crippen MR) is 113 cm³/mol. The van der Waals surface area contributed by atoms with Crippen LogP contribution in [-0.2, 0) is 25.4 Å². The summed E-state index contributed by atoms with van der Waals surface area (Å²) >= 11 is 0. The third-order valence-electron chi connectivity index (χ3n) is 6.19. The molecule has 29 heavy (non-hydrogen) atoms. The van der Waals surface area contributed by atoms with Gasteiger partial charge in [0, 0.05) is 51.9 Å². The third kappa shape index (κ3) is 4.46. The molecule has 0 unspecified atom stereocenters. The molecule has 0 spiro atoms. The molecule has 0 bridgehead atoms. The Kier molecular flexibility index (Phi) is 5.87. The fraction of sp³-hybridized carbons (Fsp3) is 0.545. The van der Waals surface area contributed by atoms with Gasteiger partial charge in [0.05, 0.1) is 6.61 Å². The number of aromatic nitrogens is 2. The van der Waals surface area contributed by atoms with Crippen molar-refractivity contribution in [2.75, 3.05) is 24.6 Å². The maximum Gasteiger partial charge on any atom is 0.332 e. The molecule has 1 aromatic heterocycles. The van der Waals surface area contributed by atoms with Gasteiger partial charge in [-0.05, 0) is 30.7 Å². The molecule has 2 aliphatic rings. The molecule has 4 rings (SSSR count). The number of nitrogens with one attached hydrogen (secondary N) is 1. The van der Waals surface area contributed by atoms with Crippen molar-refractivity contribution < 1.29 is 4.74 Å². The molecular weight excluding hydrogens is 368 g/mol. The van der Waals surface area contributed by atoms with Gasteiger partial charge in [-0.1, -0.05) is 30.3 Å². The second kappa shape index (κ2) is 8.55. The Morgan fingerprint density at radius 1 is 1.07 bits per heavy atom. The van der Waals surface area contributed by atoms with Crippen LogP contribution in [0.4, 0.5) is 5.82 Å². The van der Waals surface area contributed by atoms with Gasteiger partial charge in [0.15, 0.2) is 0 Å². The standard InChI is InChI=1S/C22H30N4O3/c1-24-20(12-21(27)25(2)22(24)28)26-9-8-18(13-26)23-19-10-17(11-19)15-29-14-16-6-4-3-5-7-16/h3-7,12,17-19,23H,8-11,13-15H2,1-2H3/t17?,18-,19?/m1/s1. The van der Waals surface area contributed by atoms with Crippen LogP contribution in [0.5, 0.6) is 0 Å². The molecule has 2 heterocycles. The molecule has 1 atom stereocenters. The van der Waals surface area contributed by atoms with Gasteiger partial charge < -0.3 is 15.0 Å². The zero-order chi connectivity index (χ0) is 20.4. The quantitative estimate of drug-likeness (QED) is 0.760. The van der Waals surface area contributed by atoms with Crippen LogP contribution < -0.4 is 21.5 Å². The number of ether oxygens (including phenoxy) is 1. The number of hydrogen-bond donors (Lipinski definition) is 1. The molecule has 1 aromatic carbocycles. The van der Waals surface area contributed by atoms with Crippen LogP contribution in [0.1, 0.15) is 24.8 Å². The molecule has 2 aromatic rings. The smallest absolute Gasteiger partial charge is 0.332 e. The molecule has 7 heteroatoms. The van der Waals surface area contributed by atoms with Gasteiger partial charge >= 0.3 is 5.69 Å². The fourth-order valence-corrected chi connectivity index (χ4v) is 4.39. The molecule has 156 valence electrons. The highest BCUT2D eigenvalue weighted by molar-refractivity contribution is 5.40. The average molecular weight is 399 g/mol. The second-order valence-corrected chi connectivity index (χ2v) is 8.37. The zero-order valence-corrected chi connectivity index (χ0v) is 17.2. The lowest BCUT2D eigenvalue weighted by Gasteiger charge is -2.37. The molecule has 1 saturated carbocycles. The highest BCUT2D eigenvalue weighted by Gasteiger charge is 2.33. The summed E-state index contributed by atoms with van der Waals surface area (Å²) in [5.41, 5.74) is 0.691. The monoisotopic (exact) mass is 398 g/mol. The first-order chi connectivity index (χ1) is 14.0. The van der Waals surface area contributed by atoms with E-state index in [2.05, 4.69) is 22.3 Å². The Morgan fingerprint density at radius 2 is 1.83 bits per heavy atom. The van der Waals surface area contributed by atoms with Crippen molar-refractivity contribution in [3.05, 3.63) is 62.8 Å². The molecule has 0 radical (unpaired) electrons. The van der Waals surface area contributed by atoms with E-state index in [4.69, 9.17) is 4.74 Å². The van der Waals surface area contributed by atoms with E-state index in [0.717, 1.165) is 43.5 Å². The summed E-state index contributed by atoms with van der Waals surface area (Å²) in [6.07, 6.45) is 3.32. The first kappa shape index (κ1) is 19.9. The highest BCUT2D eigenvalue weighted by atomic mass is 16.5. The molecule has 1 aliphatic heterocycles. The van der Waals surface area contributed by atoms with E-state index in [1.165, 1.54) is 12.6 Å². The Morgan fingerprint density at radius 3 is 2.59 bits per heavy atom. The van der Waals surface area contributed by atoms with Crippen molar-refractivity contribution in [2.45, 2.75) is 38.0 Å². The van der Waals surface area contributed by atoms with Crippen LogP contribution in [0.15, 0.2) is 46.0 Å². The summed E-state index contributed by atoms with van der Waals surface area (Å²) in [5, 5.41) is 3.75. The first-order valence-corrected chi connectivity index (χ1v) is 10.4. The van der Waals surface area contributed by atoms with Crippen LogP contribution in [0, 0.1) is 5.92 Å². The van der Waals surface area contributed by atoms with Crippen LogP contribution in [0.3, 0.4) is 0 Å². The van der Waals surface area contributed by atoms with Crippen LogP contribution in [-0.4, -0.2) is 40.9 Å². The molecule has 0 amide bonds. The van der Waals surface area contributed by atoms with Crippen LogP contribution >= 0.6 is 0 Å². The van der Waals surface area contributed by atoms with Crippen molar-refractivity contribution in [2.24, 2.45) is 20.0 Å². The molecular formula is C22H30N4O3. The van der Waals surface area contributed by atoms with Gasteiger partial charge in [-0.2, -0.15) is 0 Å². The normalized spacial score (nSPS) is 23.9. The number of hydrogen-bond acceptors (Lipinski definition) is 5. The minimum atomic E-state index is -0.277. The Balaban J connectivity index is 1.21. The van der Waals surface area contributed by atoms with E-state index in [1.807, 2.05) is 18.2 Å². The van der Waals surface area contributed by atoms with Gasteiger partial charge in [-0.25, -0.2) is 4.79 Å². The minimum Gasteiger partial charge on any atom is -0.376 e. The van der Waals surface area contributed by atoms with Crippen molar-refractivity contribution in [1.82, 2.24) is 14.5 Å². The topological polar surface area (TPSA) is 68.5 Å². The zero-order valence-electron chi connectivity index (χ0n) is 17.2. The lowest BCUT2D eigenvalue weighted by atomic mass is 9.80. The maximum absolute atomic E-state index is 12.2. The van der Waals surface area contributed by atoms with E-state index >= 15 is 0 Å². The molecule has 2 fully saturated rings. The van der Waals surface area contributed by atoms with Gasteiger partial charge in [-0.15, -0.1) is 0 Å². The Labute approximate surface area is 170 Å². The van der Waals surface area contributed by atoms with Crippen molar-refractivity contribution >= 4 is 5.82 Å². The predicted octanol–water partition coefficient (Wildman–Crippen LogP) is 1.25. The van der Waals surface area contributed by atoms with Crippen molar-refractivity contribution in [3.8, 4) is 0 Å². The summed E-state index contributed by atoms with van der Waals surface area (Å²) in [7, 11) is 3.24. The summed E-state index contributed by atoms with van der Waals surface area (Å²) in [6.45, 7) is 3.18. The summed E-state index contributed by atoms with van der Waals surface area (Å²) < 4.78 is 8.57. The molecule has 7 nitrogen and oxygen atoms in total. The summed E-state index contributed by atoms with van der Waals surface area (Å²) in [4.78, 5) is 26.3. The average Bonchev–Trinajstić information content (AvgIpc) is 3.16. The first-order valence-electron chi connectivity index (χ1n) is 10.4. The molecule has 1 N–H and O–H groups in total. The number of anilines is 1. The third-order valence-corrected chi connectivity index (χ3v) is 6.19. The lowest BCUT2D eigenvalue weighted by molar-refractivity contribution is 0.0434. The highest BCUT2D eigenvalue weighted by Crippen LogP contribution is 2.29. The van der Waals surface area contributed by atoms with Gasteiger partial charge in [0.2, 0.25) is 0 Å².